The van der Waals surface area contributed by atoms with Crippen LogP contribution in [0.2, 0.25) is 0 Å². The van der Waals surface area contributed by atoms with Crippen LogP contribution in [0.4, 0.5) is 0 Å². The van der Waals surface area contributed by atoms with Gasteiger partial charge >= 0.3 is 0 Å². The number of rotatable bonds is 1. The summed E-state index contributed by atoms with van der Waals surface area (Å²) in [4.78, 5) is 0. The van der Waals surface area contributed by atoms with Crippen molar-refractivity contribution in [3.8, 4) is 0 Å². The molecule has 1 aliphatic rings. The van der Waals surface area contributed by atoms with Crippen LogP contribution in [0.5, 0.6) is 0 Å². The summed E-state index contributed by atoms with van der Waals surface area (Å²) in [5.74, 6) is 0. The summed E-state index contributed by atoms with van der Waals surface area (Å²) in [6, 6.07) is 0. The topological polar surface area (TPSA) is 26.0 Å². The number of allylic oxidation sites excluding steroid dienone is 3. The Morgan fingerprint density at radius 2 is 2.22 bits per heavy atom. The lowest BCUT2D eigenvalue weighted by Crippen LogP contribution is -2.04. The summed E-state index contributed by atoms with van der Waals surface area (Å²) in [5, 5.41) is 0. The van der Waals surface area contributed by atoms with E-state index in [4.69, 9.17) is 5.73 Å². The Labute approximate surface area is 56.2 Å². The summed E-state index contributed by atoms with van der Waals surface area (Å²) in [7, 11) is 0. The van der Waals surface area contributed by atoms with Crippen LogP contribution in [0.25, 0.3) is 0 Å². The van der Waals surface area contributed by atoms with Gasteiger partial charge in [0.05, 0.1) is 0 Å². The van der Waals surface area contributed by atoms with Gasteiger partial charge in [-0.25, -0.2) is 0 Å². The summed E-state index contributed by atoms with van der Waals surface area (Å²) in [6.45, 7) is 2.88. The van der Waals surface area contributed by atoms with Crippen molar-refractivity contribution in [2.24, 2.45) is 5.73 Å². The van der Waals surface area contributed by atoms with Crippen LogP contribution in [0, 0.1) is 0 Å². The number of hydrogen-bond donors (Lipinski definition) is 1. The Kier molecular flexibility index (Phi) is 2.06. The van der Waals surface area contributed by atoms with Gasteiger partial charge in [-0.1, -0.05) is 23.3 Å². The maximum Gasteiger partial charge on any atom is 0.0140 e. The Balaban J connectivity index is 2.48. The van der Waals surface area contributed by atoms with Crippen molar-refractivity contribution in [2.45, 2.75) is 19.8 Å². The van der Waals surface area contributed by atoms with Gasteiger partial charge in [0.15, 0.2) is 0 Å². The number of nitrogens with two attached hydrogens (primary N) is 1. The van der Waals surface area contributed by atoms with Gasteiger partial charge in [-0.05, 0) is 19.8 Å². The second kappa shape index (κ2) is 2.83. The highest BCUT2D eigenvalue weighted by molar-refractivity contribution is 5.20. The average molecular weight is 123 g/mol. The molecule has 0 unspecified atom stereocenters. The Morgan fingerprint density at radius 1 is 1.44 bits per heavy atom. The second-order valence-electron chi connectivity index (χ2n) is 2.53. The van der Waals surface area contributed by atoms with E-state index in [0.29, 0.717) is 0 Å². The molecule has 0 aliphatic heterocycles. The third-order valence-electron chi connectivity index (χ3n) is 1.69. The maximum atomic E-state index is 5.45. The predicted molar refractivity (Wildman–Crippen MR) is 40.1 cm³/mol. The fourth-order valence-electron chi connectivity index (χ4n) is 0.944. The Hall–Kier alpha value is -0.560. The largest absolute Gasteiger partial charge is 0.327 e. The van der Waals surface area contributed by atoms with Crippen molar-refractivity contribution in [3.63, 3.8) is 0 Å². The van der Waals surface area contributed by atoms with Crippen molar-refractivity contribution in [1.82, 2.24) is 0 Å². The molecule has 50 valence electrons. The zero-order valence-electron chi connectivity index (χ0n) is 5.85. The molecule has 0 aromatic rings. The van der Waals surface area contributed by atoms with Crippen molar-refractivity contribution >= 4 is 0 Å². The van der Waals surface area contributed by atoms with Gasteiger partial charge in [0, 0.05) is 6.54 Å². The number of hydrogen-bond acceptors (Lipinski definition) is 1. The van der Waals surface area contributed by atoms with Crippen LogP contribution in [-0.2, 0) is 0 Å². The van der Waals surface area contributed by atoms with Crippen LogP contribution in [0.15, 0.2) is 23.3 Å². The molecule has 0 amide bonds. The van der Waals surface area contributed by atoms with E-state index in [1.165, 1.54) is 11.1 Å². The molecule has 1 heteroatoms. The van der Waals surface area contributed by atoms with E-state index in [9.17, 15) is 0 Å². The lowest BCUT2D eigenvalue weighted by molar-refractivity contribution is 0.987. The van der Waals surface area contributed by atoms with Crippen LogP contribution < -0.4 is 5.73 Å². The molecule has 1 rings (SSSR count). The average Bonchev–Trinajstić information content (AvgIpc) is 1.90. The van der Waals surface area contributed by atoms with Crippen LogP contribution in [0.1, 0.15) is 19.8 Å². The highest BCUT2D eigenvalue weighted by atomic mass is 14.5. The van der Waals surface area contributed by atoms with Crippen molar-refractivity contribution in [3.05, 3.63) is 23.3 Å². The molecule has 1 aliphatic carbocycles. The standard InChI is InChI=1S/C8H13N/c1-7-2-4-8(6-9)5-3-7/h2,5H,3-4,6,9H2,1H3. The van der Waals surface area contributed by atoms with E-state index in [2.05, 4.69) is 19.1 Å². The zero-order valence-corrected chi connectivity index (χ0v) is 5.85. The van der Waals surface area contributed by atoms with Crippen LogP contribution in [-0.4, -0.2) is 6.54 Å². The molecule has 0 spiro atoms. The molecule has 9 heavy (non-hydrogen) atoms. The fraction of sp³-hybridized carbons (Fsp3) is 0.500. The van der Waals surface area contributed by atoms with Crippen LogP contribution in [0.3, 0.4) is 0 Å². The second-order valence-corrected chi connectivity index (χ2v) is 2.53. The minimum atomic E-state index is 0.726. The molecular formula is C8H13N. The van der Waals surface area contributed by atoms with Crippen molar-refractivity contribution < 1.29 is 0 Å². The molecule has 0 saturated heterocycles. The normalized spacial score (nSPS) is 18.9. The molecule has 0 heterocycles. The third-order valence-corrected chi connectivity index (χ3v) is 1.69. The maximum absolute atomic E-state index is 5.45. The first-order chi connectivity index (χ1) is 4.33. The first-order valence-electron chi connectivity index (χ1n) is 3.36. The molecule has 0 saturated carbocycles. The van der Waals surface area contributed by atoms with Gasteiger partial charge in [-0.15, -0.1) is 0 Å². The van der Waals surface area contributed by atoms with Crippen LogP contribution >= 0.6 is 0 Å². The molecule has 0 radical (unpaired) electrons. The van der Waals surface area contributed by atoms with Crippen molar-refractivity contribution in [2.75, 3.05) is 6.54 Å². The molecule has 0 atom stereocenters. The molecule has 0 fully saturated rings. The van der Waals surface area contributed by atoms with E-state index in [1.807, 2.05) is 0 Å². The molecular weight excluding hydrogens is 110 g/mol. The summed E-state index contributed by atoms with van der Waals surface area (Å²) < 4.78 is 0. The van der Waals surface area contributed by atoms with E-state index in [0.717, 1.165) is 19.4 Å². The lowest BCUT2D eigenvalue weighted by atomic mass is 10.0. The predicted octanol–water partition coefficient (Wildman–Crippen LogP) is 1.61. The highest BCUT2D eigenvalue weighted by Crippen LogP contribution is 2.14. The first kappa shape index (κ1) is 6.56. The summed E-state index contributed by atoms with van der Waals surface area (Å²) in [6.07, 6.45) is 6.66. The van der Waals surface area contributed by atoms with Gasteiger partial charge in [-0.3, -0.25) is 0 Å². The van der Waals surface area contributed by atoms with Gasteiger partial charge in [0.2, 0.25) is 0 Å². The van der Waals surface area contributed by atoms with Gasteiger partial charge in [0.1, 0.15) is 0 Å². The quantitative estimate of drug-likeness (QED) is 0.527. The third kappa shape index (κ3) is 1.68. The Morgan fingerprint density at radius 3 is 2.67 bits per heavy atom. The highest BCUT2D eigenvalue weighted by Gasteiger charge is 1.98. The molecule has 0 aromatic carbocycles. The molecule has 0 bridgehead atoms. The van der Waals surface area contributed by atoms with Gasteiger partial charge in [-0.2, -0.15) is 0 Å². The minimum absolute atomic E-state index is 0.726. The van der Waals surface area contributed by atoms with Crippen molar-refractivity contribution in [1.29, 1.82) is 0 Å². The fourth-order valence-corrected chi connectivity index (χ4v) is 0.944. The van der Waals surface area contributed by atoms with E-state index >= 15 is 0 Å². The lowest BCUT2D eigenvalue weighted by Gasteiger charge is -2.07. The summed E-state index contributed by atoms with van der Waals surface area (Å²) >= 11 is 0. The zero-order chi connectivity index (χ0) is 6.69. The van der Waals surface area contributed by atoms with Gasteiger partial charge < -0.3 is 5.73 Å². The Bertz CT molecular complexity index is 154. The van der Waals surface area contributed by atoms with Gasteiger partial charge in [0.25, 0.3) is 0 Å². The molecule has 2 N–H and O–H groups in total. The molecule has 0 aromatic heterocycles. The smallest absolute Gasteiger partial charge is 0.0140 e. The SMILES string of the molecule is CC1=CCC(CN)=CC1. The van der Waals surface area contributed by atoms with E-state index < -0.39 is 0 Å². The molecule has 1 nitrogen and oxygen atoms in total. The monoisotopic (exact) mass is 123 g/mol. The first-order valence-corrected chi connectivity index (χ1v) is 3.36. The summed E-state index contributed by atoms with van der Waals surface area (Å²) in [5.41, 5.74) is 8.29. The minimum Gasteiger partial charge on any atom is -0.327 e. The van der Waals surface area contributed by atoms with E-state index in [-0.39, 0.29) is 0 Å². The van der Waals surface area contributed by atoms with E-state index in [1.54, 1.807) is 0 Å².